The number of nitrogens with one attached hydrogen (secondary N) is 2. The minimum atomic E-state index is -4.11. The normalized spacial score (nSPS) is 11.5. The van der Waals surface area contributed by atoms with Crippen LogP contribution in [-0.4, -0.2) is 49.8 Å². The van der Waals surface area contributed by atoms with Gasteiger partial charge in [-0.15, -0.1) is 0 Å². The third-order valence-electron chi connectivity index (χ3n) is 4.27. The summed E-state index contributed by atoms with van der Waals surface area (Å²) in [6.07, 6.45) is 0. The van der Waals surface area contributed by atoms with Crippen molar-refractivity contribution in [2.24, 2.45) is 0 Å². The lowest BCUT2D eigenvalue weighted by Crippen LogP contribution is -2.38. The van der Waals surface area contributed by atoms with Gasteiger partial charge < -0.3 is 15.0 Å². The number of halogens is 1. The number of hydrogen-bond acceptors (Lipinski definition) is 5. The summed E-state index contributed by atoms with van der Waals surface area (Å²) in [5.74, 6) is -1.23. The van der Waals surface area contributed by atoms with Gasteiger partial charge in [-0.2, -0.15) is 4.31 Å². The summed E-state index contributed by atoms with van der Waals surface area (Å²) < 4.78 is 32.0. The first-order valence-corrected chi connectivity index (χ1v) is 10.7. The molecule has 0 bridgehead atoms. The van der Waals surface area contributed by atoms with Crippen LogP contribution in [0.1, 0.15) is 34.2 Å². The van der Waals surface area contributed by atoms with Crippen LogP contribution in [0.2, 0.25) is 5.02 Å². The van der Waals surface area contributed by atoms with Gasteiger partial charge in [0.25, 0.3) is 0 Å². The molecule has 29 heavy (non-hydrogen) atoms. The lowest BCUT2D eigenvalue weighted by atomic mass is 10.2. The lowest BCUT2D eigenvalue weighted by Gasteiger charge is -2.18. The number of aromatic amines is 1. The molecule has 0 fully saturated rings. The van der Waals surface area contributed by atoms with Crippen molar-refractivity contribution >= 4 is 33.5 Å². The molecule has 0 saturated carbocycles. The fourth-order valence-electron chi connectivity index (χ4n) is 2.86. The lowest BCUT2D eigenvalue weighted by molar-refractivity contribution is -0.121. The van der Waals surface area contributed by atoms with Crippen molar-refractivity contribution in [3.63, 3.8) is 0 Å². The number of esters is 1. The predicted octanol–water partition coefficient (Wildman–Crippen LogP) is 2.40. The van der Waals surface area contributed by atoms with Crippen LogP contribution in [0.25, 0.3) is 0 Å². The van der Waals surface area contributed by atoms with E-state index in [2.05, 4.69) is 10.3 Å². The SMILES string of the molecule is CCOC(=O)c1c(C)[nH]c(C)c1S(=O)(=O)N(C)CC(=O)NCc1ccccc1Cl. The molecule has 0 atom stereocenters. The van der Waals surface area contributed by atoms with Crippen LogP contribution in [0.15, 0.2) is 29.2 Å². The number of sulfonamides is 1. The van der Waals surface area contributed by atoms with E-state index in [1.54, 1.807) is 45.0 Å². The number of H-pyrrole nitrogens is 1. The quantitative estimate of drug-likeness (QED) is 0.611. The number of likely N-dealkylation sites (N-methyl/N-ethyl adjacent to an activating group) is 1. The average molecular weight is 442 g/mol. The van der Waals surface area contributed by atoms with Crippen molar-refractivity contribution in [3.8, 4) is 0 Å². The monoisotopic (exact) mass is 441 g/mol. The fourth-order valence-corrected chi connectivity index (χ4v) is 4.60. The van der Waals surface area contributed by atoms with Crippen molar-refractivity contribution < 1.29 is 22.7 Å². The van der Waals surface area contributed by atoms with Crippen molar-refractivity contribution in [1.82, 2.24) is 14.6 Å². The van der Waals surface area contributed by atoms with Gasteiger partial charge in [0.2, 0.25) is 15.9 Å². The van der Waals surface area contributed by atoms with Crippen LogP contribution in [0, 0.1) is 13.8 Å². The van der Waals surface area contributed by atoms with E-state index in [9.17, 15) is 18.0 Å². The Morgan fingerprint density at radius 2 is 1.86 bits per heavy atom. The molecule has 158 valence electrons. The molecule has 1 aromatic carbocycles. The second-order valence-electron chi connectivity index (χ2n) is 6.43. The van der Waals surface area contributed by atoms with Crippen LogP contribution in [0.5, 0.6) is 0 Å². The summed E-state index contributed by atoms with van der Waals surface area (Å²) in [5.41, 5.74) is 1.35. The molecule has 8 nitrogen and oxygen atoms in total. The van der Waals surface area contributed by atoms with Gasteiger partial charge in [0.1, 0.15) is 10.5 Å². The first-order valence-electron chi connectivity index (χ1n) is 8.92. The van der Waals surface area contributed by atoms with Gasteiger partial charge in [0, 0.05) is 30.0 Å². The number of rotatable bonds is 8. The smallest absolute Gasteiger partial charge is 0.341 e. The Morgan fingerprint density at radius 3 is 2.48 bits per heavy atom. The topological polar surface area (TPSA) is 109 Å². The van der Waals surface area contributed by atoms with E-state index >= 15 is 0 Å². The number of carbonyl (C=O) groups excluding carboxylic acids is 2. The second kappa shape index (κ2) is 9.43. The maximum absolute atomic E-state index is 13.1. The average Bonchev–Trinajstić information content (AvgIpc) is 2.95. The molecular formula is C19H24ClN3O5S. The Kier molecular flexibility index (Phi) is 7.45. The molecule has 0 unspecified atom stereocenters. The van der Waals surface area contributed by atoms with Gasteiger partial charge in [-0.25, -0.2) is 13.2 Å². The van der Waals surface area contributed by atoms with E-state index in [-0.39, 0.29) is 23.6 Å². The van der Waals surface area contributed by atoms with Gasteiger partial charge in [-0.3, -0.25) is 4.79 Å². The molecule has 1 aromatic heterocycles. The summed E-state index contributed by atoms with van der Waals surface area (Å²) in [6, 6.07) is 7.03. The van der Waals surface area contributed by atoms with Gasteiger partial charge >= 0.3 is 5.97 Å². The Morgan fingerprint density at radius 1 is 1.21 bits per heavy atom. The highest BCUT2D eigenvalue weighted by Gasteiger charge is 2.33. The summed E-state index contributed by atoms with van der Waals surface area (Å²) >= 11 is 6.05. The fraction of sp³-hybridized carbons (Fsp3) is 0.368. The maximum Gasteiger partial charge on any atom is 0.341 e. The maximum atomic E-state index is 13.1. The number of ether oxygens (including phenoxy) is 1. The van der Waals surface area contributed by atoms with Gasteiger partial charge in [0.15, 0.2) is 0 Å². The zero-order valence-corrected chi connectivity index (χ0v) is 18.3. The highest BCUT2D eigenvalue weighted by Crippen LogP contribution is 2.27. The molecule has 0 aliphatic rings. The Balaban J connectivity index is 2.18. The number of benzene rings is 1. The van der Waals surface area contributed by atoms with E-state index in [0.29, 0.717) is 16.4 Å². The van der Waals surface area contributed by atoms with Crippen molar-refractivity contribution in [1.29, 1.82) is 0 Å². The zero-order valence-electron chi connectivity index (χ0n) is 16.7. The molecule has 1 heterocycles. The molecule has 2 aromatic rings. The molecule has 2 N–H and O–H groups in total. The number of nitrogens with zero attached hydrogens (tertiary/aromatic N) is 1. The minimum Gasteiger partial charge on any atom is -0.462 e. The van der Waals surface area contributed by atoms with E-state index in [1.807, 2.05) is 0 Å². The Hall–Kier alpha value is -2.36. The van der Waals surface area contributed by atoms with E-state index in [0.717, 1.165) is 9.87 Å². The van der Waals surface area contributed by atoms with Crippen molar-refractivity contribution in [2.75, 3.05) is 20.2 Å². The molecule has 2 rings (SSSR count). The Labute approximate surface area is 175 Å². The minimum absolute atomic E-state index is 0.0484. The molecule has 1 amide bonds. The van der Waals surface area contributed by atoms with Gasteiger partial charge in [0.05, 0.1) is 13.2 Å². The molecule has 0 aliphatic carbocycles. The van der Waals surface area contributed by atoms with Crippen LogP contribution in [0.4, 0.5) is 0 Å². The summed E-state index contributed by atoms with van der Waals surface area (Å²) in [7, 11) is -2.84. The van der Waals surface area contributed by atoms with Crippen LogP contribution in [-0.2, 0) is 26.1 Å². The number of amides is 1. The number of hydrogen-bond donors (Lipinski definition) is 2. The van der Waals surface area contributed by atoms with Crippen molar-refractivity contribution in [3.05, 3.63) is 51.8 Å². The molecular weight excluding hydrogens is 418 g/mol. The number of aryl methyl sites for hydroxylation is 2. The summed E-state index contributed by atoms with van der Waals surface area (Å²) in [4.78, 5) is 27.2. The number of carbonyl (C=O) groups is 2. The Bertz CT molecular complexity index is 1020. The zero-order chi connectivity index (χ0) is 21.8. The highest BCUT2D eigenvalue weighted by molar-refractivity contribution is 7.89. The van der Waals surface area contributed by atoms with Crippen LogP contribution < -0.4 is 5.32 Å². The first kappa shape index (κ1) is 22.9. The molecule has 0 saturated heterocycles. The van der Waals surface area contributed by atoms with Gasteiger partial charge in [-0.05, 0) is 32.4 Å². The highest BCUT2D eigenvalue weighted by atomic mass is 35.5. The second-order valence-corrected chi connectivity index (χ2v) is 8.82. The van der Waals surface area contributed by atoms with Crippen molar-refractivity contribution in [2.45, 2.75) is 32.2 Å². The standard InChI is InChI=1S/C19H24ClN3O5S/c1-5-28-19(25)17-12(2)22-13(3)18(17)29(26,27)23(4)11-16(24)21-10-14-8-6-7-9-15(14)20/h6-9,22H,5,10-11H2,1-4H3,(H,21,24). The molecule has 10 heteroatoms. The summed E-state index contributed by atoms with van der Waals surface area (Å²) in [6.45, 7) is 4.64. The van der Waals surface area contributed by atoms with E-state index in [1.165, 1.54) is 7.05 Å². The van der Waals surface area contributed by atoms with Gasteiger partial charge in [-0.1, -0.05) is 29.8 Å². The van der Waals surface area contributed by atoms with E-state index < -0.39 is 28.4 Å². The van der Waals surface area contributed by atoms with Crippen LogP contribution in [0.3, 0.4) is 0 Å². The third kappa shape index (κ3) is 5.17. The number of aromatic nitrogens is 1. The van der Waals surface area contributed by atoms with Crippen LogP contribution >= 0.6 is 11.6 Å². The molecule has 0 aliphatic heterocycles. The summed E-state index contributed by atoms with van der Waals surface area (Å²) in [5, 5.41) is 3.15. The van der Waals surface area contributed by atoms with E-state index in [4.69, 9.17) is 16.3 Å². The predicted molar refractivity (Wildman–Crippen MR) is 109 cm³/mol. The molecule has 0 spiro atoms. The molecule has 0 radical (unpaired) electrons. The first-order chi connectivity index (χ1) is 13.6. The largest absolute Gasteiger partial charge is 0.462 e. The third-order valence-corrected chi connectivity index (χ3v) is 6.61.